The molecule has 266 valence electrons. The molecule has 0 amide bonds. The molecule has 0 unspecified atom stereocenters. The highest BCUT2D eigenvalue weighted by Crippen LogP contribution is 2.44. The first-order chi connectivity index (χ1) is 28.2. The fourth-order valence-electron chi connectivity index (χ4n) is 8.37. The lowest BCUT2D eigenvalue weighted by Gasteiger charge is -2.09. The molecule has 4 aromatic heterocycles. The van der Waals surface area contributed by atoms with Crippen LogP contribution in [0.4, 0.5) is 0 Å². The monoisotopic (exact) mass is 746 g/mol. The van der Waals surface area contributed by atoms with Crippen LogP contribution in [0.1, 0.15) is 0 Å². The van der Waals surface area contributed by atoms with Crippen LogP contribution >= 0.6 is 11.3 Å². The summed E-state index contributed by atoms with van der Waals surface area (Å²) in [5, 5.41) is 7.19. The summed E-state index contributed by atoms with van der Waals surface area (Å²) in [7, 11) is 0. The van der Waals surface area contributed by atoms with E-state index in [1.165, 1.54) is 42.0 Å². The molecule has 5 nitrogen and oxygen atoms in total. The second-order valence-corrected chi connectivity index (χ2v) is 15.5. The minimum atomic E-state index is 0.599. The van der Waals surface area contributed by atoms with Gasteiger partial charge < -0.3 is 8.98 Å². The number of fused-ring (bicyclic) bond motifs is 10. The molecule has 8 aromatic carbocycles. The number of furan rings is 1. The Bertz CT molecular complexity index is 3460. The molecule has 12 aromatic rings. The topological polar surface area (TPSA) is 56.7 Å². The SMILES string of the molecule is c1ccc(-c2nc(-c3ccccc3)nc(-c3ccc4c(c3)oc3cc(-c5ccc6c(c5)c5ccc7sc8ccccc8c7c5n6-c5ccccc5)ccc34)n2)cc1. The smallest absolute Gasteiger partial charge is 0.164 e. The molecule has 57 heavy (non-hydrogen) atoms. The largest absolute Gasteiger partial charge is 0.456 e. The van der Waals surface area contributed by atoms with Crippen molar-refractivity contribution in [2.45, 2.75) is 0 Å². The van der Waals surface area contributed by atoms with Crippen molar-refractivity contribution in [3.8, 4) is 51.0 Å². The van der Waals surface area contributed by atoms with E-state index in [-0.39, 0.29) is 0 Å². The number of para-hydroxylation sites is 1. The van der Waals surface area contributed by atoms with E-state index in [2.05, 4.69) is 120 Å². The van der Waals surface area contributed by atoms with Crippen LogP contribution in [0.25, 0.3) is 115 Å². The van der Waals surface area contributed by atoms with Crippen LogP contribution in [-0.4, -0.2) is 19.5 Å². The third kappa shape index (κ3) is 5.12. The number of nitrogens with zero attached hydrogens (tertiary/aromatic N) is 4. The van der Waals surface area contributed by atoms with Crippen molar-refractivity contribution >= 4 is 75.3 Å². The third-order valence-corrected chi connectivity index (χ3v) is 12.2. The summed E-state index contributed by atoms with van der Waals surface area (Å²) >= 11 is 1.86. The number of hydrogen-bond acceptors (Lipinski definition) is 5. The maximum atomic E-state index is 6.63. The van der Waals surface area contributed by atoms with Crippen LogP contribution < -0.4 is 0 Å². The Labute approximate surface area is 330 Å². The van der Waals surface area contributed by atoms with Crippen LogP contribution in [0.3, 0.4) is 0 Å². The highest BCUT2D eigenvalue weighted by molar-refractivity contribution is 7.26. The van der Waals surface area contributed by atoms with Crippen LogP contribution in [0.15, 0.2) is 186 Å². The van der Waals surface area contributed by atoms with E-state index in [0.717, 1.165) is 55.4 Å². The normalized spacial score (nSPS) is 11.9. The molecule has 0 saturated heterocycles. The molecule has 6 heteroatoms. The fourth-order valence-corrected chi connectivity index (χ4v) is 9.48. The lowest BCUT2D eigenvalue weighted by Crippen LogP contribution is -2.00. The van der Waals surface area contributed by atoms with Crippen LogP contribution in [0.2, 0.25) is 0 Å². The number of aromatic nitrogens is 4. The molecular formula is C51H30N4OS. The quantitative estimate of drug-likeness (QED) is 0.176. The Balaban J connectivity index is 0.991. The first-order valence-corrected chi connectivity index (χ1v) is 19.8. The second kappa shape index (κ2) is 12.6. The third-order valence-electron chi connectivity index (χ3n) is 11.0. The molecule has 0 aliphatic heterocycles. The minimum Gasteiger partial charge on any atom is -0.456 e. The van der Waals surface area contributed by atoms with E-state index in [0.29, 0.717) is 17.5 Å². The number of thiophene rings is 1. The van der Waals surface area contributed by atoms with Gasteiger partial charge in [0, 0.05) is 64.1 Å². The van der Waals surface area contributed by atoms with Gasteiger partial charge in [0.1, 0.15) is 11.2 Å². The number of rotatable bonds is 5. The minimum absolute atomic E-state index is 0.599. The Kier molecular flexibility index (Phi) is 7.03. The van der Waals surface area contributed by atoms with Gasteiger partial charge in [-0.1, -0.05) is 121 Å². The van der Waals surface area contributed by atoms with Crippen LogP contribution in [-0.2, 0) is 0 Å². The van der Waals surface area contributed by atoms with Crippen molar-refractivity contribution in [1.82, 2.24) is 19.5 Å². The Morgan fingerprint density at radius 3 is 1.63 bits per heavy atom. The fraction of sp³-hybridized carbons (Fsp3) is 0. The number of hydrogen-bond donors (Lipinski definition) is 0. The van der Waals surface area contributed by atoms with Crippen molar-refractivity contribution in [1.29, 1.82) is 0 Å². The predicted octanol–water partition coefficient (Wildman–Crippen LogP) is 13.9. The molecule has 0 fully saturated rings. The van der Waals surface area contributed by atoms with Gasteiger partial charge in [-0.05, 0) is 71.8 Å². The average molecular weight is 747 g/mol. The Morgan fingerprint density at radius 1 is 0.386 bits per heavy atom. The van der Waals surface area contributed by atoms with E-state index in [9.17, 15) is 0 Å². The highest BCUT2D eigenvalue weighted by atomic mass is 32.1. The van der Waals surface area contributed by atoms with Gasteiger partial charge in [-0.3, -0.25) is 0 Å². The lowest BCUT2D eigenvalue weighted by atomic mass is 10.0. The zero-order valence-electron chi connectivity index (χ0n) is 30.4. The molecule has 0 radical (unpaired) electrons. The summed E-state index contributed by atoms with van der Waals surface area (Å²) in [6.07, 6.45) is 0. The standard InChI is InChI=1S/C51H30N4OS/c1-4-12-31(13-5-1)49-52-50(32-14-6-2-7-15-32)54-51(53-49)35-21-24-38-37-23-20-34(29-43(37)56-44(38)30-35)33-22-26-42-41(28-33)39-25-27-46-47(40-18-10-11-19-45(40)57-46)48(39)55(42)36-16-8-3-9-17-36/h1-30H. The molecule has 0 bridgehead atoms. The van der Waals surface area contributed by atoms with Crippen molar-refractivity contribution < 1.29 is 4.42 Å². The van der Waals surface area contributed by atoms with E-state index in [1.807, 2.05) is 78.1 Å². The maximum Gasteiger partial charge on any atom is 0.164 e. The summed E-state index contributed by atoms with van der Waals surface area (Å²) in [5.74, 6) is 1.86. The summed E-state index contributed by atoms with van der Waals surface area (Å²) in [5.41, 5.74) is 10.2. The van der Waals surface area contributed by atoms with Crippen molar-refractivity contribution in [2.24, 2.45) is 0 Å². The van der Waals surface area contributed by atoms with Gasteiger partial charge in [0.2, 0.25) is 0 Å². The van der Waals surface area contributed by atoms with Gasteiger partial charge >= 0.3 is 0 Å². The van der Waals surface area contributed by atoms with Crippen molar-refractivity contribution in [2.75, 3.05) is 0 Å². The van der Waals surface area contributed by atoms with E-state index >= 15 is 0 Å². The molecule has 0 spiro atoms. The van der Waals surface area contributed by atoms with E-state index in [4.69, 9.17) is 19.4 Å². The van der Waals surface area contributed by atoms with Gasteiger partial charge in [-0.15, -0.1) is 11.3 Å². The summed E-state index contributed by atoms with van der Waals surface area (Å²) < 4.78 is 11.7. The van der Waals surface area contributed by atoms with Crippen molar-refractivity contribution in [3.05, 3.63) is 182 Å². The van der Waals surface area contributed by atoms with Gasteiger partial charge in [0.05, 0.1) is 11.0 Å². The second-order valence-electron chi connectivity index (χ2n) is 14.4. The maximum absolute atomic E-state index is 6.63. The van der Waals surface area contributed by atoms with E-state index < -0.39 is 0 Å². The van der Waals surface area contributed by atoms with E-state index in [1.54, 1.807) is 0 Å². The Morgan fingerprint density at radius 2 is 0.930 bits per heavy atom. The first-order valence-electron chi connectivity index (χ1n) is 19.0. The van der Waals surface area contributed by atoms with Gasteiger partial charge in [0.15, 0.2) is 17.5 Å². The summed E-state index contributed by atoms with van der Waals surface area (Å²) in [4.78, 5) is 14.8. The molecule has 0 aliphatic rings. The lowest BCUT2D eigenvalue weighted by molar-refractivity contribution is 0.669. The summed E-state index contributed by atoms with van der Waals surface area (Å²) in [6.45, 7) is 0. The molecule has 0 aliphatic carbocycles. The predicted molar refractivity (Wildman–Crippen MR) is 236 cm³/mol. The molecule has 0 atom stereocenters. The zero-order chi connectivity index (χ0) is 37.5. The molecule has 12 rings (SSSR count). The average Bonchev–Trinajstić information content (AvgIpc) is 3.95. The van der Waals surface area contributed by atoms with Gasteiger partial charge in [-0.2, -0.15) is 0 Å². The molecule has 4 heterocycles. The zero-order valence-corrected chi connectivity index (χ0v) is 31.2. The summed E-state index contributed by atoms with van der Waals surface area (Å²) in [6, 6.07) is 63.8. The van der Waals surface area contributed by atoms with Crippen LogP contribution in [0, 0.1) is 0 Å². The first kappa shape index (κ1) is 31.9. The molecule has 0 N–H and O–H groups in total. The van der Waals surface area contributed by atoms with Gasteiger partial charge in [-0.25, -0.2) is 15.0 Å². The van der Waals surface area contributed by atoms with Crippen molar-refractivity contribution in [3.63, 3.8) is 0 Å². The number of benzene rings is 8. The molecule has 0 saturated carbocycles. The van der Waals surface area contributed by atoms with Gasteiger partial charge in [0.25, 0.3) is 0 Å². The Hall–Kier alpha value is -7.41. The van der Waals surface area contributed by atoms with Crippen LogP contribution in [0.5, 0.6) is 0 Å². The molecular weight excluding hydrogens is 717 g/mol. The highest BCUT2D eigenvalue weighted by Gasteiger charge is 2.20.